The van der Waals surface area contributed by atoms with Gasteiger partial charge in [0.15, 0.2) is 0 Å². The predicted molar refractivity (Wildman–Crippen MR) is 54.5 cm³/mol. The molecule has 0 radical (unpaired) electrons. The molecule has 68 valence electrons. The van der Waals surface area contributed by atoms with Crippen LogP contribution in [-0.4, -0.2) is 17.5 Å². The van der Waals surface area contributed by atoms with Crippen molar-refractivity contribution < 1.29 is 4.74 Å². The Hall–Kier alpha value is -1.15. The minimum atomic E-state index is 0.511. The monoisotopic (exact) mass is 195 g/mol. The molecule has 0 unspecified atom stereocenters. The Bertz CT molecular complexity index is 396. The molecule has 0 aliphatic rings. The third-order valence-electron chi connectivity index (χ3n) is 1.88. The SMILES string of the molecule is ClCCOc1cccc2cc[nH]c12. The minimum absolute atomic E-state index is 0.511. The van der Waals surface area contributed by atoms with E-state index in [4.69, 9.17) is 16.3 Å². The number of nitrogens with one attached hydrogen (secondary N) is 1. The average Bonchev–Trinajstić information content (AvgIpc) is 2.62. The average molecular weight is 196 g/mol. The third-order valence-corrected chi connectivity index (χ3v) is 2.04. The van der Waals surface area contributed by atoms with E-state index in [2.05, 4.69) is 4.98 Å². The van der Waals surface area contributed by atoms with Gasteiger partial charge in [0, 0.05) is 11.6 Å². The van der Waals surface area contributed by atoms with Crippen LogP contribution in [0.1, 0.15) is 0 Å². The van der Waals surface area contributed by atoms with Gasteiger partial charge in [-0.05, 0) is 12.1 Å². The molecule has 1 aromatic heterocycles. The van der Waals surface area contributed by atoms with E-state index < -0.39 is 0 Å². The van der Waals surface area contributed by atoms with Crippen LogP contribution in [0.25, 0.3) is 10.9 Å². The number of halogens is 1. The second-order valence-corrected chi connectivity index (χ2v) is 3.11. The molecule has 0 bridgehead atoms. The second-order valence-electron chi connectivity index (χ2n) is 2.74. The Morgan fingerprint density at radius 3 is 3.08 bits per heavy atom. The number of rotatable bonds is 3. The lowest BCUT2D eigenvalue weighted by Crippen LogP contribution is -1.98. The molecule has 0 atom stereocenters. The molecule has 2 rings (SSSR count). The Morgan fingerprint density at radius 1 is 1.31 bits per heavy atom. The van der Waals surface area contributed by atoms with Gasteiger partial charge in [-0.15, -0.1) is 11.6 Å². The lowest BCUT2D eigenvalue weighted by Gasteiger charge is -2.04. The summed E-state index contributed by atoms with van der Waals surface area (Å²) in [6.07, 6.45) is 1.90. The van der Waals surface area contributed by atoms with E-state index in [1.165, 1.54) is 0 Å². The molecule has 13 heavy (non-hydrogen) atoms. The standard InChI is InChI=1S/C10H10ClNO/c11-5-7-13-9-3-1-2-8-4-6-12-10(8)9/h1-4,6,12H,5,7H2. The highest BCUT2D eigenvalue weighted by molar-refractivity contribution is 6.18. The first-order valence-corrected chi connectivity index (χ1v) is 4.70. The number of hydrogen-bond donors (Lipinski definition) is 1. The highest BCUT2D eigenvalue weighted by Crippen LogP contribution is 2.23. The van der Waals surface area contributed by atoms with Gasteiger partial charge in [0.1, 0.15) is 12.4 Å². The first-order chi connectivity index (χ1) is 6.42. The Balaban J connectivity index is 2.37. The van der Waals surface area contributed by atoms with Crippen LogP contribution in [0, 0.1) is 0 Å². The molecule has 0 saturated heterocycles. The molecule has 2 aromatic rings. The molecule has 0 aliphatic heterocycles. The molecule has 0 saturated carbocycles. The normalized spacial score (nSPS) is 10.5. The van der Waals surface area contributed by atoms with Gasteiger partial charge in [0.25, 0.3) is 0 Å². The van der Waals surface area contributed by atoms with Crippen molar-refractivity contribution in [2.24, 2.45) is 0 Å². The van der Waals surface area contributed by atoms with Crippen LogP contribution in [0.3, 0.4) is 0 Å². The van der Waals surface area contributed by atoms with Gasteiger partial charge >= 0.3 is 0 Å². The number of aromatic amines is 1. The van der Waals surface area contributed by atoms with Crippen LogP contribution in [0.2, 0.25) is 0 Å². The molecule has 1 aromatic carbocycles. The molecule has 0 spiro atoms. The van der Waals surface area contributed by atoms with Crippen molar-refractivity contribution in [3.05, 3.63) is 30.5 Å². The fraction of sp³-hybridized carbons (Fsp3) is 0.200. The molecule has 1 N–H and O–H groups in total. The van der Waals surface area contributed by atoms with Gasteiger partial charge in [-0.2, -0.15) is 0 Å². The second kappa shape index (κ2) is 3.71. The lowest BCUT2D eigenvalue weighted by atomic mass is 10.2. The Labute approximate surface area is 81.5 Å². The van der Waals surface area contributed by atoms with Gasteiger partial charge in [-0.25, -0.2) is 0 Å². The smallest absolute Gasteiger partial charge is 0.143 e. The van der Waals surface area contributed by atoms with Crippen molar-refractivity contribution >= 4 is 22.5 Å². The predicted octanol–water partition coefficient (Wildman–Crippen LogP) is 2.79. The van der Waals surface area contributed by atoms with Crippen LogP contribution < -0.4 is 4.74 Å². The largest absolute Gasteiger partial charge is 0.490 e. The summed E-state index contributed by atoms with van der Waals surface area (Å²) < 4.78 is 5.46. The molecular weight excluding hydrogens is 186 g/mol. The van der Waals surface area contributed by atoms with Crippen LogP contribution >= 0.6 is 11.6 Å². The lowest BCUT2D eigenvalue weighted by molar-refractivity contribution is 0.346. The zero-order valence-corrected chi connectivity index (χ0v) is 7.84. The van der Waals surface area contributed by atoms with E-state index in [-0.39, 0.29) is 0 Å². The summed E-state index contributed by atoms with van der Waals surface area (Å²) in [4.78, 5) is 3.13. The van der Waals surface area contributed by atoms with Crippen molar-refractivity contribution in [3.63, 3.8) is 0 Å². The summed E-state index contributed by atoms with van der Waals surface area (Å²) in [5.41, 5.74) is 1.03. The highest BCUT2D eigenvalue weighted by atomic mass is 35.5. The van der Waals surface area contributed by atoms with Gasteiger partial charge in [0.05, 0.1) is 11.4 Å². The van der Waals surface area contributed by atoms with Crippen molar-refractivity contribution in [2.75, 3.05) is 12.5 Å². The van der Waals surface area contributed by atoms with E-state index in [9.17, 15) is 0 Å². The quantitative estimate of drug-likeness (QED) is 0.749. The van der Waals surface area contributed by atoms with Crippen molar-refractivity contribution in [2.45, 2.75) is 0 Å². The van der Waals surface area contributed by atoms with E-state index in [0.717, 1.165) is 16.7 Å². The third kappa shape index (κ3) is 1.63. The van der Waals surface area contributed by atoms with Crippen molar-refractivity contribution in [1.29, 1.82) is 0 Å². The number of fused-ring (bicyclic) bond motifs is 1. The van der Waals surface area contributed by atoms with E-state index in [0.29, 0.717) is 12.5 Å². The first-order valence-electron chi connectivity index (χ1n) is 4.16. The maximum Gasteiger partial charge on any atom is 0.143 e. The maximum atomic E-state index is 5.54. The number of benzene rings is 1. The van der Waals surface area contributed by atoms with Crippen LogP contribution in [0.4, 0.5) is 0 Å². The summed E-state index contributed by atoms with van der Waals surface area (Å²) in [5.74, 6) is 1.38. The van der Waals surface area contributed by atoms with Crippen molar-refractivity contribution in [3.8, 4) is 5.75 Å². The Morgan fingerprint density at radius 2 is 2.23 bits per heavy atom. The molecule has 0 aliphatic carbocycles. The van der Waals surface area contributed by atoms with Crippen LogP contribution in [0.15, 0.2) is 30.5 Å². The molecule has 0 fully saturated rings. The van der Waals surface area contributed by atoms with Crippen molar-refractivity contribution in [1.82, 2.24) is 4.98 Å². The van der Waals surface area contributed by atoms with E-state index in [1.54, 1.807) is 0 Å². The zero-order chi connectivity index (χ0) is 9.10. The Kier molecular flexibility index (Phi) is 2.41. The summed E-state index contributed by atoms with van der Waals surface area (Å²) in [5, 5.41) is 1.16. The molecule has 1 heterocycles. The zero-order valence-electron chi connectivity index (χ0n) is 7.09. The first kappa shape index (κ1) is 8.45. The van der Waals surface area contributed by atoms with Crippen LogP contribution in [-0.2, 0) is 0 Å². The maximum absolute atomic E-state index is 5.54. The fourth-order valence-electron chi connectivity index (χ4n) is 1.33. The number of hydrogen-bond acceptors (Lipinski definition) is 1. The number of ether oxygens (including phenoxy) is 1. The van der Waals surface area contributed by atoms with Gasteiger partial charge in [0.2, 0.25) is 0 Å². The van der Waals surface area contributed by atoms with Gasteiger partial charge < -0.3 is 9.72 Å². The number of aromatic nitrogens is 1. The molecular formula is C10H10ClNO. The topological polar surface area (TPSA) is 25.0 Å². The number of alkyl halides is 1. The van der Waals surface area contributed by atoms with E-state index >= 15 is 0 Å². The molecule has 3 heteroatoms. The van der Waals surface area contributed by atoms with Crippen LogP contribution in [0.5, 0.6) is 5.75 Å². The molecule has 2 nitrogen and oxygen atoms in total. The van der Waals surface area contributed by atoms with Gasteiger partial charge in [-0.3, -0.25) is 0 Å². The highest BCUT2D eigenvalue weighted by Gasteiger charge is 2.00. The summed E-state index contributed by atoms with van der Waals surface area (Å²) in [7, 11) is 0. The summed E-state index contributed by atoms with van der Waals surface area (Å²) >= 11 is 5.54. The fourth-order valence-corrected chi connectivity index (χ4v) is 1.40. The summed E-state index contributed by atoms with van der Waals surface area (Å²) in [6, 6.07) is 7.97. The molecule has 0 amide bonds. The van der Waals surface area contributed by atoms with E-state index in [1.807, 2.05) is 30.5 Å². The number of para-hydroxylation sites is 1. The van der Waals surface area contributed by atoms with Gasteiger partial charge in [-0.1, -0.05) is 12.1 Å². The number of H-pyrrole nitrogens is 1. The minimum Gasteiger partial charge on any atom is -0.490 e. The summed E-state index contributed by atoms with van der Waals surface area (Å²) in [6.45, 7) is 0.541.